The molecule has 21 heavy (non-hydrogen) atoms. The Bertz CT molecular complexity index is 607. The lowest BCUT2D eigenvalue weighted by Crippen LogP contribution is -2.32. The third kappa shape index (κ3) is 4.81. The van der Waals surface area contributed by atoms with Gasteiger partial charge in [-0.05, 0) is 12.1 Å². The Morgan fingerprint density at radius 1 is 1.10 bits per heavy atom. The smallest absolute Gasteiger partial charge is 0.310 e. The van der Waals surface area contributed by atoms with Crippen LogP contribution in [0.1, 0.15) is 0 Å². The Balaban J connectivity index is 3.23. The third-order valence-corrected chi connectivity index (χ3v) is 6.90. The Morgan fingerprint density at radius 2 is 1.57 bits per heavy atom. The van der Waals surface area contributed by atoms with Gasteiger partial charge in [0.25, 0.3) is 10.1 Å². The van der Waals surface area contributed by atoms with Crippen molar-refractivity contribution in [2.24, 2.45) is 0 Å². The molecule has 0 N–H and O–H groups in total. The van der Waals surface area contributed by atoms with Crippen molar-refractivity contribution in [3.8, 4) is 0 Å². The lowest BCUT2D eigenvalue weighted by Gasteiger charge is -2.28. The molecule has 0 amide bonds. The zero-order valence-electron chi connectivity index (χ0n) is 10.9. The molecule has 0 bridgehead atoms. The summed E-state index contributed by atoms with van der Waals surface area (Å²) in [5.74, 6) is -1.96. The Hall–Kier alpha value is 0.150. The van der Waals surface area contributed by atoms with E-state index in [2.05, 4.69) is 9.05 Å². The molecule has 1 atom stereocenters. The van der Waals surface area contributed by atoms with Gasteiger partial charge in [0.2, 0.25) is 9.64 Å². The highest BCUT2D eigenvalue weighted by Gasteiger charge is 2.52. The summed E-state index contributed by atoms with van der Waals surface area (Å²) in [5, 5.41) is 0. The fourth-order valence-electron chi connectivity index (χ4n) is 1.32. The minimum Gasteiger partial charge on any atom is -0.310 e. The average Bonchev–Trinajstić information content (AvgIpc) is 2.44. The van der Waals surface area contributed by atoms with E-state index in [1.807, 2.05) is 0 Å². The molecule has 0 aromatic heterocycles. The summed E-state index contributed by atoms with van der Waals surface area (Å²) in [5.41, 5.74) is 0. The highest BCUT2D eigenvalue weighted by molar-refractivity contribution is 7.87. The van der Waals surface area contributed by atoms with Crippen LogP contribution in [0.5, 0.6) is 0 Å². The summed E-state index contributed by atoms with van der Waals surface area (Å²) in [6.45, 7) is 0. The van der Waals surface area contributed by atoms with Crippen molar-refractivity contribution in [1.29, 1.82) is 0 Å². The lowest BCUT2D eigenvalue weighted by atomic mass is 10.4. The minimum atomic E-state index is -4.33. The number of rotatable bonds is 6. The van der Waals surface area contributed by atoms with Gasteiger partial charge in [-0.3, -0.25) is 4.57 Å². The molecule has 0 unspecified atom stereocenters. The van der Waals surface area contributed by atoms with Gasteiger partial charge in [0, 0.05) is 14.2 Å². The average molecular weight is 398 g/mol. The lowest BCUT2D eigenvalue weighted by molar-refractivity contribution is 0.195. The quantitative estimate of drug-likeness (QED) is 0.415. The van der Waals surface area contributed by atoms with Gasteiger partial charge < -0.3 is 9.05 Å². The van der Waals surface area contributed by atoms with Crippen molar-refractivity contribution < 1.29 is 26.2 Å². The fraction of sp³-hybridized carbons (Fsp3) is 0.400. The number of hydrogen-bond donors (Lipinski definition) is 0. The first-order chi connectivity index (χ1) is 9.57. The molecule has 0 radical (unpaired) electrons. The van der Waals surface area contributed by atoms with Gasteiger partial charge in [0.1, 0.15) is 0 Å². The molecule has 0 saturated carbocycles. The number of alkyl halides is 3. The molecule has 1 rings (SSSR count). The summed E-state index contributed by atoms with van der Waals surface area (Å²) in [6.07, 6.45) is 0. The molecular weight excluding hydrogens is 386 g/mol. The molecule has 0 aliphatic carbocycles. The van der Waals surface area contributed by atoms with Gasteiger partial charge in [-0.15, -0.1) is 0 Å². The van der Waals surface area contributed by atoms with Gasteiger partial charge in [0.15, 0.2) is 0 Å². The molecule has 0 aliphatic rings. The Labute approximate surface area is 137 Å². The van der Waals surface area contributed by atoms with E-state index in [1.165, 1.54) is 24.3 Å². The molecule has 1 aromatic carbocycles. The zero-order valence-corrected chi connectivity index (χ0v) is 14.9. The van der Waals surface area contributed by atoms with E-state index in [-0.39, 0.29) is 4.90 Å². The molecule has 0 heterocycles. The van der Waals surface area contributed by atoms with Gasteiger partial charge in [0.05, 0.1) is 4.90 Å². The van der Waals surface area contributed by atoms with Crippen LogP contribution >= 0.6 is 42.4 Å². The maximum Gasteiger partial charge on any atom is 0.364 e. The van der Waals surface area contributed by atoms with Crippen LogP contribution in [0.25, 0.3) is 0 Å². The van der Waals surface area contributed by atoms with E-state index in [0.717, 1.165) is 14.2 Å². The largest absolute Gasteiger partial charge is 0.364 e. The van der Waals surface area contributed by atoms with Gasteiger partial charge in [-0.25, -0.2) is 4.18 Å². The number of halogens is 3. The van der Waals surface area contributed by atoms with Crippen LogP contribution in [-0.2, 0) is 27.9 Å². The second kappa shape index (κ2) is 7.15. The highest BCUT2D eigenvalue weighted by Crippen LogP contribution is 2.60. The van der Waals surface area contributed by atoms with E-state index in [4.69, 9.17) is 39.0 Å². The van der Waals surface area contributed by atoms with Crippen molar-refractivity contribution in [1.82, 2.24) is 0 Å². The topological polar surface area (TPSA) is 78.9 Å². The highest BCUT2D eigenvalue weighted by atomic mass is 35.6. The van der Waals surface area contributed by atoms with Crippen molar-refractivity contribution in [3.05, 3.63) is 30.3 Å². The molecule has 0 saturated heterocycles. The van der Waals surface area contributed by atoms with Crippen molar-refractivity contribution >= 4 is 52.5 Å². The van der Waals surface area contributed by atoms with E-state index >= 15 is 0 Å². The molecule has 0 aliphatic heterocycles. The van der Waals surface area contributed by atoms with Crippen molar-refractivity contribution in [3.63, 3.8) is 0 Å². The summed E-state index contributed by atoms with van der Waals surface area (Å²) in [7, 11) is -6.42. The molecule has 1 aromatic rings. The Kier molecular flexibility index (Phi) is 6.54. The van der Waals surface area contributed by atoms with Crippen molar-refractivity contribution in [2.75, 3.05) is 14.2 Å². The number of benzene rings is 1. The normalized spacial score (nSPS) is 14.9. The van der Waals surface area contributed by atoms with E-state index in [1.54, 1.807) is 6.07 Å². The van der Waals surface area contributed by atoms with Gasteiger partial charge in [-0.2, -0.15) is 8.42 Å². The monoisotopic (exact) mass is 396 g/mol. The standard InChI is InChI=1S/C10H12Cl3O6PS/c1-17-20(14,18-2)9(10(11,12)13)19-21(15,16)8-6-4-3-5-7-8/h3-7,9H,1-2H3/t9-/m1/s1. The third-order valence-electron chi connectivity index (χ3n) is 2.33. The molecular formula is C10H12Cl3O6PS. The van der Waals surface area contributed by atoms with Crippen LogP contribution in [-0.4, -0.2) is 32.3 Å². The van der Waals surface area contributed by atoms with Crippen LogP contribution in [0.2, 0.25) is 0 Å². The van der Waals surface area contributed by atoms with Crippen LogP contribution in [0.4, 0.5) is 0 Å². The predicted molar refractivity (Wildman–Crippen MR) is 80.4 cm³/mol. The summed E-state index contributed by atoms with van der Waals surface area (Å²) in [4.78, 5) is -0.192. The molecule has 0 fully saturated rings. The first-order valence-electron chi connectivity index (χ1n) is 5.33. The predicted octanol–water partition coefficient (Wildman–Crippen LogP) is 3.57. The van der Waals surface area contributed by atoms with E-state index in [9.17, 15) is 13.0 Å². The van der Waals surface area contributed by atoms with Crippen LogP contribution in [0.15, 0.2) is 35.2 Å². The van der Waals surface area contributed by atoms with Crippen LogP contribution in [0, 0.1) is 0 Å². The van der Waals surface area contributed by atoms with Crippen LogP contribution < -0.4 is 0 Å². The molecule has 6 nitrogen and oxygen atoms in total. The fourth-order valence-corrected chi connectivity index (χ4v) is 5.32. The number of hydrogen-bond acceptors (Lipinski definition) is 6. The Morgan fingerprint density at radius 3 is 1.95 bits per heavy atom. The molecule has 0 spiro atoms. The summed E-state index contributed by atoms with van der Waals surface area (Å²) >= 11 is 16.9. The van der Waals surface area contributed by atoms with Crippen LogP contribution in [0.3, 0.4) is 0 Å². The van der Waals surface area contributed by atoms with E-state index in [0.29, 0.717) is 0 Å². The van der Waals surface area contributed by atoms with E-state index < -0.39 is 27.4 Å². The zero-order chi connectivity index (χ0) is 16.3. The second-order valence-corrected chi connectivity index (χ2v) is 9.88. The first kappa shape index (κ1) is 19.2. The van der Waals surface area contributed by atoms with Crippen molar-refractivity contribution in [2.45, 2.75) is 14.5 Å². The second-order valence-electron chi connectivity index (χ2n) is 3.66. The first-order valence-corrected chi connectivity index (χ1v) is 9.48. The molecule has 120 valence electrons. The van der Waals surface area contributed by atoms with Gasteiger partial charge >= 0.3 is 7.60 Å². The minimum absolute atomic E-state index is 0.192. The maximum absolute atomic E-state index is 12.3. The summed E-state index contributed by atoms with van der Waals surface area (Å²) in [6, 6.07) is 7.12. The molecule has 11 heteroatoms. The summed E-state index contributed by atoms with van der Waals surface area (Å²) < 4.78 is 48.3. The van der Waals surface area contributed by atoms with Gasteiger partial charge in [-0.1, -0.05) is 53.0 Å². The maximum atomic E-state index is 12.3. The SMILES string of the molecule is COP(=O)(OC)[C@@H](OS(=O)(=O)c1ccccc1)C(Cl)(Cl)Cl.